The maximum absolute atomic E-state index is 13.0. The molecule has 0 fully saturated rings. The minimum Gasteiger partial charge on any atom is -0.348 e. The molecule has 1 atom stereocenters. The fraction of sp³-hybridized carbons (Fsp3) is 0.500. The number of nitrogens with one attached hydrogen (secondary N) is 1. The van der Waals surface area contributed by atoms with E-state index in [1.807, 2.05) is 6.92 Å². The monoisotopic (exact) mass is 366 g/mol. The molecule has 0 aliphatic carbocycles. The first-order chi connectivity index (χ1) is 9.79. The molecule has 21 heavy (non-hydrogen) atoms. The zero-order valence-corrected chi connectivity index (χ0v) is 13.2. The van der Waals surface area contributed by atoms with Crippen LogP contribution in [0.5, 0.6) is 0 Å². The molecule has 1 aromatic rings. The van der Waals surface area contributed by atoms with Gasteiger partial charge in [0.2, 0.25) is 0 Å². The number of unbranched alkanes of at least 4 members (excludes halogenated alkanes) is 1. The van der Waals surface area contributed by atoms with Gasteiger partial charge in [0, 0.05) is 17.1 Å². The van der Waals surface area contributed by atoms with Crippen LogP contribution < -0.4 is 11.1 Å². The smallest absolute Gasteiger partial charge is 0.348 e. The van der Waals surface area contributed by atoms with Crippen LogP contribution in [0.2, 0.25) is 0 Å². The molecule has 0 spiro atoms. The van der Waals surface area contributed by atoms with Gasteiger partial charge < -0.3 is 11.1 Å². The van der Waals surface area contributed by atoms with E-state index < -0.39 is 17.6 Å². The van der Waals surface area contributed by atoms with Crippen LogP contribution in [-0.4, -0.2) is 18.5 Å². The molecule has 0 saturated carbocycles. The number of hydrogen-bond donors (Lipinski definition) is 2. The van der Waals surface area contributed by atoms with Gasteiger partial charge >= 0.3 is 6.18 Å². The number of alkyl halides is 3. The average Bonchev–Trinajstić information content (AvgIpc) is 2.42. The molecule has 1 rings (SSSR count). The molecule has 1 amide bonds. The van der Waals surface area contributed by atoms with Crippen LogP contribution in [-0.2, 0) is 6.18 Å². The van der Waals surface area contributed by atoms with E-state index in [4.69, 9.17) is 5.73 Å². The highest BCUT2D eigenvalue weighted by Crippen LogP contribution is 2.33. The molecule has 0 bridgehead atoms. The lowest BCUT2D eigenvalue weighted by Crippen LogP contribution is -2.40. The van der Waals surface area contributed by atoms with Gasteiger partial charge in [-0.25, -0.2) is 0 Å². The number of rotatable bonds is 6. The number of halogens is 4. The summed E-state index contributed by atoms with van der Waals surface area (Å²) in [5, 5.41) is 2.57. The minimum absolute atomic E-state index is 0.198. The molecule has 1 unspecified atom stereocenters. The number of nitrogens with two attached hydrogens (primary N) is 1. The van der Waals surface area contributed by atoms with Gasteiger partial charge in [-0.1, -0.05) is 35.7 Å². The van der Waals surface area contributed by atoms with Crippen molar-refractivity contribution in [1.29, 1.82) is 0 Å². The van der Waals surface area contributed by atoms with Gasteiger partial charge in [-0.15, -0.1) is 0 Å². The molecule has 0 aliphatic heterocycles. The van der Waals surface area contributed by atoms with E-state index in [9.17, 15) is 18.0 Å². The van der Waals surface area contributed by atoms with E-state index >= 15 is 0 Å². The minimum atomic E-state index is -4.59. The van der Waals surface area contributed by atoms with Crippen molar-refractivity contribution in [2.45, 2.75) is 38.4 Å². The van der Waals surface area contributed by atoms with E-state index in [-0.39, 0.29) is 22.6 Å². The highest BCUT2D eigenvalue weighted by molar-refractivity contribution is 9.10. The van der Waals surface area contributed by atoms with Gasteiger partial charge in [-0.2, -0.15) is 13.2 Å². The third-order valence-corrected chi connectivity index (χ3v) is 3.55. The Hall–Kier alpha value is -1.08. The zero-order chi connectivity index (χ0) is 16.0. The molecule has 0 aliphatic rings. The van der Waals surface area contributed by atoms with Crippen molar-refractivity contribution in [2.24, 2.45) is 5.73 Å². The van der Waals surface area contributed by atoms with Gasteiger partial charge in [-0.05, 0) is 24.6 Å². The molecule has 118 valence electrons. The lowest BCUT2D eigenvalue weighted by atomic mass is 10.0. The van der Waals surface area contributed by atoms with Crippen molar-refractivity contribution in [3.05, 3.63) is 33.8 Å². The molecular formula is C14H18BrF3N2O. The number of carbonyl (C=O) groups excluding carboxylic acids is 1. The molecule has 7 heteroatoms. The Morgan fingerprint density at radius 3 is 2.62 bits per heavy atom. The predicted octanol–water partition coefficient (Wildman–Crippen LogP) is 3.72. The second-order valence-electron chi connectivity index (χ2n) is 4.74. The SMILES string of the molecule is CCCCC(CN)NC(=O)c1ccc(Br)cc1C(F)(F)F. The van der Waals surface area contributed by atoms with Crippen molar-refractivity contribution in [3.8, 4) is 0 Å². The largest absolute Gasteiger partial charge is 0.417 e. The van der Waals surface area contributed by atoms with Crippen molar-refractivity contribution in [3.63, 3.8) is 0 Å². The van der Waals surface area contributed by atoms with Crippen LogP contribution in [0.15, 0.2) is 22.7 Å². The summed E-state index contributed by atoms with van der Waals surface area (Å²) in [5.74, 6) is -0.749. The standard InChI is InChI=1S/C14H18BrF3N2O/c1-2-3-4-10(8-19)20-13(21)11-6-5-9(15)7-12(11)14(16,17)18/h5-7,10H,2-4,8,19H2,1H3,(H,20,21). The number of carbonyl (C=O) groups is 1. The highest BCUT2D eigenvalue weighted by atomic mass is 79.9. The first kappa shape index (κ1) is 18.0. The van der Waals surface area contributed by atoms with Crippen molar-refractivity contribution >= 4 is 21.8 Å². The van der Waals surface area contributed by atoms with Gasteiger partial charge in [-0.3, -0.25) is 4.79 Å². The highest BCUT2D eigenvalue weighted by Gasteiger charge is 2.35. The summed E-state index contributed by atoms with van der Waals surface area (Å²) in [6.45, 7) is 2.19. The zero-order valence-electron chi connectivity index (χ0n) is 11.6. The molecule has 0 saturated heterocycles. The van der Waals surface area contributed by atoms with Crippen LogP contribution in [0.4, 0.5) is 13.2 Å². The van der Waals surface area contributed by atoms with Gasteiger partial charge in [0.25, 0.3) is 5.91 Å². The van der Waals surface area contributed by atoms with Crippen LogP contribution in [0, 0.1) is 0 Å². The van der Waals surface area contributed by atoms with Crippen molar-refractivity contribution in [1.82, 2.24) is 5.32 Å². The van der Waals surface area contributed by atoms with E-state index in [0.717, 1.165) is 25.0 Å². The second kappa shape index (κ2) is 7.79. The van der Waals surface area contributed by atoms with E-state index in [1.54, 1.807) is 0 Å². The molecule has 3 N–H and O–H groups in total. The Kier molecular flexibility index (Phi) is 6.67. The van der Waals surface area contributed by atoms with Crippen LogP contribution in [0.3, 0.4) is 0 Å². The number of amides is 1. The van der Waals surface area contributed by atoms with Gasteiger partial charge in [0.15, 0.2) is 0 Å². The Morgan fingerprint density at radius 1 is 1.43 bits per heavy atom. The summed E-state index contributed by atoms with van der Waals surface area (Å²) in [6, 6.07) is 3.16. The van der Waals surface area contributed by atoms with Crippen LogP contribution in [0.25, 0.3) is 0 Å². The first-order valence-corrected chi connectivity index (χ1v) is 7.46. The van der Waals surface area contributed by atoms with E-state index in [1.165, 1.54) is 6.07 Å². The number of hydrogen-bond acceptors (Lipinski definition) is 2. The van der Waals surface area contributed by atoms with Gasteiger partial charge in [0.1, 0.15) is 0 Å². The van der Waals surface area contributed by atoms with Gasteiger partial charge in [0.05, 0.1) is 11.1 Å². The fourth-order valence-electron chi connectivity index (χ4n) is 1.91. The van der Waals surface area contributed by atoms with Crippen LogP contribution >= 0.6 is 15.9 Å². The van der Waals surface area contributed by atoms with Crippen molar-refractivity contribution in [2.75, 3.05) is 6.54 Å². The summed E-state index contributed by atoms with van der Waals surface area (Å²) < 4.78 is 39.2. The summed E-state index contributed by atoms with van der Waals surface area (Å²) in [4.78, 5) is 12.1. The predicted molar refractivity (Wildman–Crippen MR) is 79.0 cm³/mol. The Balaban J connectivity index is 2.96. The average molecular weight is 367 g/mol. The molecule has 1 aromatic carbocycles. The van der Waals surface area contributed by atoms with Crippen LogP contribution in [0.1, 0.15) is 42.1 Å². The maximum Gasteiger partial charge on any atom is 0.417 e. The fourth-order valence-corrected chi connectivity index (χ4v) is 2.27. The topological polar surface area (TPSA) is 55.1 Å². The summed E-state index contributed by atoms with van der Waals surface area (Å²) in [6.07, 6.45) is -2.15. The van der Waals surface area contributed by atoms with Crippen molar-refractivity contribution < 1.29 is 18.0 Å². The Bertz CT molecular complexity index is 492. The number of benzene rings is 1. The Labute approximate surface area is 130 Å². The first-order valence-electron chi connectivity index (χ1n) is 6.67. The van der Waals surface area contributed by atoms with E-state index in [0.29, 0.717) is 6.42 Å². The molecule has 0 aromatic heterocycles. The lowest BCUT2D eigenvalue weighted by Gasteiger charge is -2.18. The summed E-state index contributed by atoms with van der Waals surface area (Å²) in [5.41, 5.74) is 4.20. The molecule has 0 heterocycles. The summed E-state index contributed by atoms with van der Waals surface area (Å²) in [7, 11) is 0. The summed E-state index contributed by atoms with van der Waals surface area (Å²) >= 11 is 2.98. The van der Waals surface area contributed by atoms with E-state index in [2.05, 4.69) is 21.2 Å². The molecular weight excluding hydrogens is 349 g/mol. The third kappa shape index (κ3) is 5.32. The maximum atomic E-state index is 13.0. The molecule has 0 radical (unpaired) electrons. The third-order valence-electron chi connectivity index (χ3n) is 3.06. The quantitative estimate of drug-likeness (QED) is 0.805. The lowest BCUT2D eigenvalue weighted by molar-refractivity contribution is -0.138. The molecule has 3 nitrogen and oxygen atoms in total. The second-order valence-corrected chi connectivity index (χ2v) is 5.65. The Morgan fingerprint density at radius 2 is 2.10 bits per heavy atom. The normalized spacial score (nSPS) is 13.0.